The van der Waals surface area contributed by atoms with E-state index >= 15 is 0 Å². The van der Waals surface area contributed by atoms with E-state index < -0.39 is 17.9 Å². The number of allylic oxidation sites excluding steroid dienone is 4. The highest BCUT2D eigenvalue weighted by atomic mass is 16.6. The van der Waals surface area contributed by atoms with Crippen molar-refractivity contribution in [1.29, 1.82) is 0 Å². The third-order valence-corrected chi connectivity index (χ3v) is 4.78. The van der Waals surface area contributed by atoms with Crippen LogP contribution >= 0.6 is 0 Å². The molecular weight excluding hydrogens is 376 g/mol. The minimum atomic E-state index is -0.930. The van der Waals surface area contributed by atoms with E-state index in [1.165, 1.54) is 16.7 Å². The van der Waals surface area contributed by atoms with Crippen molar-refractivity contribution in [2.45, 2.75) is 33.6 Å². The minimum absolute atomic E-state index is 0.232. The van der Waals surface area contributed by atoms with Gasteiger partial charge in [0.2, 0.25) is 0 Å². The predicted octanol–water partition coefficient (Wildman–Crippen LogP) is 5.70. The summed E-state index contributed by atoms with van der Waals surface area (Å²) in [5.74, 6) is -2.01. The van der Waals surface area contributed by atoms with Gasteiger partial charge in [-0.2, -0.15) is 0 Å². The molecular formula is C26H30O4. The van der Waals surface area contributed by atoms with E-state index in [2.05, 4.69) is 31.2 Å². The quantitative estimate of drug-likeness (QED) is 0.220. The van der Waals surface area contributed by atoms with E-state index in [4.69, 9.17) is 9.47 Å². The van der Waals surface area contributed by atoms with Crippen molar-refractivity contribution in [2.75, 3.05) is 13.2 Å². The number of carbonyl (C=O) groups is 2. The second-order valence-corrected chi connectivity index (χ2v) is 6.80. The normalized spacial score (nSPS) is 12.0. The van der Waals surface area contributed by atoms with Gasteiger partial charge in [-0.3, -0.25) is 9.59 Å². The molecule has 30 heavy (non-hydrogen) atoms. The molecule has 4 heteroatoms. The minimum Gasteiger partial charge on any atom is -0.465 e. The molecule has 0 amide bonds. The first-order valence-electron chi connectivity index (χ1n) is 10.4. The largest absolute Gasteiger partial charge is 0.465 e. The Kier molecular flexibility index (Phi) is 9.59. The highest BCUT2D eigenvalue weighted by Crippen LogP contribution is 2.29. The fourth-order valence-electron chi connectivity index (χ4n) is 3.20. The van der Waals surface area contributed by atoms with Crippen LogP contribution < -0.4 is 0 Å². The predicted molar refractivity (Wildman–Crippen MR) is 121 cm³/mol. The van der Waals surface area contributed by atoms with Crippen molar-refractivity contribution in [3.8, 4) is 0 Å². The summed E-state index contributed by atoms with van der Waals surface area (Å²) in [5.41, 5.74) is 4.71. The van der Waals surface area contributed by atoms with Crippen LogP contribution in [0.15, 0.2) is 72.8 Å². The molecule has 2 rings (SSSR count). The van der Waals surface area contributed by atoms with Crippen LogP contribution in [0.4, 0.5) is 0 Å². The Bertz CT molecular complexity index is 848. The smallest absolute Gasteiger partial charge is 0.320 e. The summed E-state index contributed by atoms with van der Waals surface area (Å²) >= 11 is 0. The molecule has 0 spiro atoms. The molecule has 0 aliphatic rings. The molecule has 0 bridgehead atoms. The molecule has 0 atom stereocenters. The summed E-state index contributed by atoms with van der Waals surface area (Å²) in [6.45, 7) is 6.02. The highest BCUT2D eigenvalue weighted by molar-refractivity contribution is 5.95. The molecule has 0 N–H and O–H groups in total. The first kappa shape index (κ1) is 23.1. The zero-order valence-corrected chi connectivity index (χ0v) is 18.0. The van der Waals surface area contributed by atoms with E-state index in [0.717, 1.165) is 5.56 Å². The molecule has 0 heterocycles. The van der Waals surface area contributed by atoms with Gasteiger partial charge >= 0.3 is 11.9 Å². The van der Waals surface area contributed by atoms with Crippen LogP contribution in [0.25, 0.3) is 11.1 Å². The van der Waals surface area contributed by atoms with E-state index in [9.17, 15) is 9.59 Å². The van der Waals surface area contributed by atoms with Gasteiger partial charge in [-0.05, 0) is 55.9 Å². The van der Waals surface area contributed by atoms with Gasteiger partial charge in [0.05, 0.1) is 13.2 Å². The molecule has 0 saturated carbocycles. The number of benzene rings is 2. The van der Waals surface area contributed by atoms with Crippen LogP contribution in [0.2, 0.25) is 0 Å². The van der Waals surface area contributed by atoms with Gasteiger partial charge in [-0.15, -0.1) is 0 Å². The van der Waals surface area contributed by atoms with Crippen molar-refractivity contribution >= 4 is 23.1 Å². The van der Waals surface area contributed by atoms with Gasteiger partial charge in [0, 0.05) is 0 Å². The average molecular weight is 407 g/mol. The maximum absolute atomic E-state index is 12.1. The van der Waals surface area contributed by atoms with Crippen LogP contribution in [0.1, 0.15) is 44.7 Å². The molecule has 4 nitrogen and oxygen atoms in total. The fourth-order valence-corrected chi connectivity index (χ4v) is 3.20. The number of hydrogen-bond donors (Lipinski definition) is 0. The van der Waals surface area contributed by atoms with Gasteiger partial charge in [0.15, 0.2) is 5.92 Å². The summed E-state index contributed by atoms with van der Waals surface area (Å²) < 4.78 is 10.1. The van der Waals surface area contributed by atoms with E-state index in [1.807, 2.05) is 48.6 Å². The first-order valence-corrected chi connectivity index (χ1v) is 10.4. The SMILES string of the molecule is CCOC(=O)C(C/C=C/C/C(=C(\C)c1ccccc1)c1ccccc1)C(=O)OCC. The van der Waals surface area contributed by atoms with Crippen molar-refractivity contribution < 1.29 is 19.1 Å². The lowest BCUT2D eigenvalue weighted by Gasteiger charge is -2.13. The van der Waals surface area contributed by atoms with Crippen LogP contribution in [0, 0.1) is 5.92 Å². The molecule has 0 fully saturated rings. The maximum atomic E-state index is 12.1. The zero-order chi connectivity index (χ0) is 21.8. The van der Waals surface area contributed by atoms with Crippen LogP contribution in [0.3, 0.4) is 0 Å². The maximum Gasteiger partial charge on any atom is 0.320 e. The lowest BCUT2D eigenvalue weighted by molar-refractivity contribution is -0.161. The summed E-state index contributed by atoms with van der Waals surface area (Å²) in [7, 11) is 0. The lowest BCUT2D eigenvalue weighted by atomic mass is 9.93. The Morgan fingerprint density at radius 3 is 1.80 bits per heavy atom. The molecule has 2 aromatic carbocycles. The summed E-state index contributed by atoms with van der Waals surface area (Å²) in [4.78, 5) is 24.3. The number of hydrogen-bond acceptors (Lipinski definition) is 4. The van der Waals surface area contributed by atoms with Crippen molar-refractivity contribution in [3.05, 3.63) is 83.9 Å². The van der Waals surface area contributed by atoms with E-state index in [1.54, 1.807) is 13.8 Å². The Hall–Kier alpha value is -3.14. The molecule has 0 aliphatic heterocycles. The topological polar surface area (TPSA) is 52.6 Å². The molecule has 0 aliphatic carbocycles. The van der Waals surface area contributed by atoms with Crippen LogP contribution in [-0.2, 0) is 19.1 Å². The standard InChI is InChI=1S/C26H30O4/c1-4-29-25(27)24(26(28)30-5-2)19-13-12-18-23(22-16-10-7-11-17-22)20(3)21-14-8-6-9-15-21/h6-17,24H,4-5,18-19H2,1-3H3/b13-12+,23-20-. The molecule has 2 aromatic rings. The van der Waals surface area contributed by atoms with Crippen molar-refractivity contribution in [1.82, 2.24) is 0 Å². The third kappa shape index (κ3) is 6.73. The number of esters is 2. The molecule has 0 radical (unpaired) electrons. The Morgan fingerprint density at radius 2 is 1.30 bits per heavy atom. The number of carbonyl (C=O) groups excluding carboxylic acids is 2. The Labute approximate surface area is 179 Å². The second-order valence-electron chi connectivity index (χ2n) is 6.80. The van der Waals surface area contributed by atoms with E-state index in [0.29, 0.717) is 6.42 Å². The first-order chi connectivity index (χ1) is 14.6. The van der Waals surface area contributed by atoms with Gasteiger partial charge in [0.25, 0.3) is 0 Å². The number of rotatable bonds is 10. The van der Waals surface area contributed by atoms with Crippen molar-refractivity contribution in [2.24, 2.45) is 5.92 Å². The Morgan fingerprint density at radius 1 is 0.800 bits per heavy atom. The third-order valence-electron chi connectivity index (χ3n) is 4.78. The highest BCUT2D eigenvalue weighted by Gasteiger charge is 2.28. The van der Waals surface area contributed by atoms with Crippen molar-refractivity contribution in [3.63, 3.8) is 0 Å². The van der Waals surface area contributed by atoms with Crippen LogP contribution in [-0.4, -0.2) is 25.2 Å². The summed E-state index contributed by atoms with van der Waals surface area (Å²) in [5, 5.41) is 0. The zero-order valence-electron chi connectivity index (χ0n) is 18.0. The number of ether oxygens (including phenoxy) is 2. The molecule has 0 aromatic heterocycles. The lowest BCUT2D eigenvalue weighted by Crippen LogP contribution is -2.27. The summed E-state index contributed by atoms with van der Waals surface area (Å²) in [6, 6.07) is 20.5. The average Bonchev–Trinajstić information content (AvgIpc) is 2.77. The van der Waals surface area contributed by atoms with Gasteiger partial charge in [0.1, 0.15) is 0 Å². The second kappa shape index (κ2) is 12.4. The van der Waals surface area contributed by atoms with Gasteiger partial charge in [-0.25, -0.2) is 0 Å². The van der Waals surface area contributed by atoms with Gasteiger partial charge < -0.3 is 9.47 Å². The molecule has 0 unspecified atom stereocenters. The van der Waals surface area contributed by atoms with Gasteiger partial charge in [-0.1, -0.05) is 72.8 Å². The molecule has 0 saturated heterocycles. The monoisotopic (exact) mass is 406 g/mol. The molecule has 158 valence electrons. The summed E-state index contributed by atoms with van der Waals surface area (Å²) in [6.07, 6.45) is 4.80. The Balaban J connectivity index is 2.21. The van der Waals surface area contributed by atoms with Crippen LogP contribution in [0.5, 0.6) is 0 Å². The fraction of sp³-hybridized carbons (Fsp3) is 0.308. The van der Waals surface area contributed by atoms with E-state index in [-0.39, 0.29) is 19.6 Å².